The summed E-state index contributed by atoms with van der Waals surface area (Å²) in [4.78, 5) is 20.6. The van der Waals surface area contributed by atoms with Crippen LogP contribution in [0.1, 0.15) is 52.0 Å². The number of benzene rings is 6. The zero-order valence-corrected chi connectivity index (χ0v) is 39.0. The van der Waals surface area contributed by atoms with Gasteiger partial charge in [0, 0.05) is 33.6 Å². The number of amidine groups is 1. The third-order valence-electron chi connectivity index (χ3n) is 12.5. The van der Waals surface area contributed by atoms with Crippen LogP contribution in [0, 0.1) is 0 Å². The highest BCUT2D eigenvalue weighted by Crippen LogP contribution is 2.40. The molecule has 0 bridgehead atoms. The molecule has 7 aromatic rings. The molecule has 4 heterocycles. The Labute approximate surface area is 409 Å². The predicted octanol–water partition coefficient (Wildman–Crippen LogP) is 13.5. The van der Waals surface area contributed by atoms with Crippen LogP contribution in [0.25, 0.3) is 51.3 Å². The third-order valence-corrected chi connectivity index (χ3v) is 12.5. The number of rotatable bonds is 14. The van der Waals surface area contributed by atoms with Crippen LogP contribution in [0.2, 0.25) is 0 Å². The van der Waals surface area contributed by atoms with Crippen LogP contribution in [0.15, 0.2) is 245 Å². The fourth-order valence-corrected chi connectivity index (χ4v) is 9.23. The van der Waals surface area contributed by atoms with Crippen molar-refractivity contribution in [3.63, 3.8) is 0 Å². The third kappa shape index (κ3) is 8.77. The molecule has 2 atom stereocenters. The van der Waals surface area contributed by atoms with Crippen LogP contribution >= 0.6 is 0 Å². The molecule has 70 heavy (non-hydrogen) atoms. The van der Waals surface area contributed by atoms with Gasteiger partial charge < -0.3 is 19.9 Å². The first-order valence-electron chi connectivity index (χ1n) is 23.3. The minimum atomic E-state index is -0.674. The molecule has 6 aromatic carbocycles. The van der Waals surface area contributed by atoms with Crippen molar-refractivity contribution in [1.82, 2.24) is 15.2 Å². The molecular formula is C62H51N7O. The average Bonchev–Trinajstić information content (AvgIpc) is 3.95. The normalized spacial score (nSPS) is 17.8. The summed E-state index contributed by atoms with van der Waals surface area (Å²) < 4.78 is 9.09. The standard InChI is InChI=1S/C62H51N7O/c1-6-22-47(23-7-2)69-55(9-4)48(8-3)49-36-45(32-34-56(49)69)46-33-35-57-50(37-46)59(64-40-58-65-51(41-24-14-10-15-25-41)38-52(66-58)42-26-16-11-17-27-42)61(70-57)60(63-5)62-67-53(43-28-18-12-19-29-43)39-54(68-62)44-30-20-13-21-31-44/h6-39,51,62,67H,1,3-5,40H2,2H3,(H,65,66)/b23-7-,47-22+,61-60+,64-59?. The maximum atomic E-state index is 6.90. The highest BCUT2D eigenvalue weighted by molar-refractivity contribution is 6.18. The summed E-state index contributed by atoms with van der Waals surface area (Å²) >= 11 is 0. The minimum Gasteiger partial charge on any atom is -0.452 e. The number of aromatic nitrogens is 1. The summed E-state index contributed by atoms with van der Waals surface area (Å²) in [7, 11) is 0. The SMILES string of the molecule is C=C/C=C(\C=C/C)n1c(C=C)c(C=C)c2cc(-c3ccc4c(c3)C(=NCC3=NC(c5ccccc5)C=C(c5ccccc5)N3)/C(=C(\N=C)C3N=C(c5ccccc5)C=C(c5ccccc5)N3)O4)ccc21. The van der Waals surface area contributed by atoms with Crippen molar-refractivity contribution >= 4 is 64.1 Å². The lowest BCUT2D eigenvalue weighted by atomic mass is 9.98. The number of nitrogens with one attached hydrogen (secondary N) is 2. The van der Waals surface area contributed by atoms with Gasteiger partial charge in [-0.05, 0) is 102 Å². The number of nitrogens with zero attached hydrogens (tertiary/aromatic N) is 5. The van der Waals surface area contributed by atoms with E-state index in [9.17, 15) is 0 Å². The number of hydrogen-bond donors (Lipinski definition) is 2. The van der Waals surface area contributed by atoms with Crippen molar-refractivity contribution < 1.29 is 4.74 Å². The largest absolute Gasteiger partial charge is 0.452 e. The quantitative estimate of drug-likeness (QED) is 0.0842. The van der Waals surface area contributed by atoms with Gasteiger partial charge in [-0.3, -0.25) is 20.0 Å². The van der Waals surface area contributed by atoms with Gasteiger partial charge in [-0.2, -0.15) is 0 Å². The summed E-state index contributed by atoms with van der Waals surface area (Å²) in [6.45, 7) is 18.8. The van der Waals surface area contributed by atoms with Gasteiger partial charge >= 0.3 is 0 Å². The van der Waals surface area contributed by atoms with Gasteiger partial charge in [-0.15, -0.1) is 0 Å². The monoisotopic (exact) mass is 909 g/mol. The Balaban J connectivity index is 1.12. The van der Waals surface area contributed by atoms with Crippen molar-refractivity contribution in [2.24, 2.45) is 20.0 Å². The van der Waals surface area contributed by atoms with E-state index in [2.05, 4.69) is 139 Å². The van der Waals surface area contributed by atoms with Crippen LogP contribution in [0.4, 0.5) is 0 Å². The molecule has 0 saturated carbocycles. The van der Waals surface area contributed by atoms with Crippen molar-refractivity contribution in [2.75, 3.05) is 6.54 Å². The van der Waals surface area contributed by atoms with Gasteiger partial charge in [0.05, 0.1) is 29.5 Å². The fraction of sp³-hybridized carbons (Fsp3) is 0.0645. The number of hydrogen-bond acceptors (Lipinski definition) is 7. The minimum absolute atomic E-state index is 0.217. The molecule has 0 radical (unpaired) electrons. The first kappa shape index (κ1) is 44.7. The molecule has 10 rings (SSSR count). The van der Waals surface area contributed by atoms with Crippen LogP contribution < -0.4 is 15.4 Å². The second-order valence-corrected chi connectivity index (χ2v) is 16.8. The van der Waals surface area contributed by atoms with Crippen molar-refractivity contribution in [1.29, 1.82) is 0 Å². The molecular weight excluding hydrogens is 859 g/mol. The Bertz CT molecular complexity index is 3440. The van der Waals surface area contributed by atoms with E-state index in [1.807, 2.05) is 110 Å². The van der Waals surface area contributed by atoms with E-state index in [4.69, 9.17) is 24.7 Å². The Hall–Kier alpha value is -9.14. The zero-order valence-electron chi connectivity index (χ0n) is 39.0. The summed E-state index contributed by atoms with van der Waals surface area (Å²) in [5, 5.41) is 8.34. The topological polar surface area (TPSA) is 87.7 Å². The average molecular weight is 910 g/mol. The smallest absolute Gasteiger partial charge is 0.178 e. The highest BCUT2D eigenvalue weighted by Gasteiger charge is 2.34. The maximum absolute atomic E-state index is 6.90. The molecule has 0 amide bonds. The van der Waals surface area contributed by atoms with E-state index in [-0.39, 0.29) is 12.6 Å². The van der Waals surface area contributed by atoms with Crippen LogP contribution in [-0.2, 0) is 0 Å². The zero-order chi connectivity index (χ0) is 48.0. The molecule has 0 aliphatic carbocycles. The van der Waals surface area contributed by atoms with E-state index < -0.39 is 6.17 Å². The Kier molecular flexibility index (Phi) is 12.8. The van der Waals surface area contributed by atoms with Gasteiger partial charge in [0.15, 0.2) is 11.9 Å². The molecule has 2 N–H and O–H groups in total. The molecule has 8 heteroatoms. The molecule has 3 aliphatic heterocycles. The fourth-order valence-electron chi connectivity index (χ4n) is 9.23. The van der Waals surface area contributed by atoms with E-state index in [1.54, 1.807) is 6.08 Å². The van der Waals surface area contributed by atoms with Gasteiger partial charge in [0.2, 0.25) is 0 Å². The lowest BCUT2D eigenvalue weighted by molar-refractivity contribution is 0.453. The first-order valence-corrected chi connectivity index (χ1v) is 23.3. The summed E-state index contributed by atoms with van der Waals surface area (Å²) in [6.07, 6.45) is 15.2. The number of allylic oxidation sites excluding steroid dienone is 7. The van der Waals surface area contributed by atoms with Gasteiger partial charge in [0.25, 0.3) is 0 Å². The molecule has 3 aliphatic rings. The molecule has 0 saturated heterocycles. The van der Waals surface area contributed by atoms with E-state index in [0.717, 1.165) is 83.9 Å². The lowest BCUT2D eigenvalue weighted by Crippen LogP contribution is -2.34. The maximum Gasteiger partial charge on any atom is 0.178 e. The van der Waals surface area contributed by atoms with E-state index >= 15 is 0 Å². The van der Waals surface area contributed by atoms with Crippen LogP contribution in [0.3, 0.4) is 0 Å². The number of fused-ring (bicyclic) bond motifs is 2. The number of ether oxygens (including phenoxy) is 1. The summed E-state index contributed by atoms with van der Waals surface area (Å²) in [5.74, 6) is 1.81. The summed E-state index contributed by atoms with van der Waals surface area (Å²) in [5.41, 5.74) is 14.6. The Morgan fingerprint density at radius 1 is 0.729 bits per heavy atom. The molecule has 1 aromatic heterocycles. The Morgan fingerprint density at radius 3 is 2.04 bits per heavy atom. The molecule has 2 unspecified atom stereocenters. The molecule has 0 spiro atoms. The molecule has 8 nitrogen and oxygen atoms in total. The van der Waals surface area contributed by atoms with E-state index in [1.165, 1.54) is 0 Å². The van der Waals surface area contributed by atoms with Crippen molar-refractivity contribution in [3.05, 3.63) is 264 Å². The van der Waals surface area contributed by atoms with Crippen molar-refractivity contribution in [3.8, 4) is 16.9 Å². The summed E-state index contributed by atoms with van der Waals surface area (Å²) in [6, 6.07) is 53.5. The lowest BCUT2D eigenvalue weighted by Gasteiger charge is -2.25. The van der Waals surface area contributed by atoms with Gasteiger partial charge in [-0.25, -0.2) is 0 Å². The highest BCUT2D eigenvalue weighted by atomic mass is 16.5. The first-order chi connectivity index (χ1) is 34.5. The molecule has 0 fully saturated rings. The van der Waals surface area contributed by atoms with Gasteiger partial charge in [0.1, 0.15) is 23.0 Å². The van der Waals surface area contributed by atoms with E-state index in [0.29, 0.717) is 28.8 Å². The van der Waals surface area contributed by atoms with Crippen LogP contribution in [0.5, 0.6) is 5.75 Å². The number of aliphatic imine (C=N–C) groups is 4. The van der Waals surface area contributed by atoms with Crippen molar-refractivity contribution in [2.45, 2.75) is 19.1 Å². The Morgan fingerprint density at radius 2 is 1.39 bits per heavy atom. The molecule has 340 valence electrons. The second-order valence-electron chi connectivity index (χ2n) is 16.8. The van der Waals surface area contributed by atoms with Gasteiger partial charge in [-0.1, -0.05) is 171 Å². The van der Waals surface area contributed by atoms with Crippen LogP contribution in [-0.4, -0.2) is 41.3 Å². The predicted molar refractivity (Wildman–Crippen MR) is 294 cm³/mol. The second kappa shape index (κ2) is 20.0.